The Labute approximate surface area is 165 Å². The Morgan fingerprint density at radius 2 is 1.71 bits per heavy atom. The van der Waals surface area contributed by atoms with Gasteiger partial charge in [0.05, 0.1) is 20.3 Å². The molecule has 0 fully saturated rings. The third-order valence-electron chi connectivity index (χ3n) is 5.07. The van der Waals surface area contributed by atoms with Crippen LogP contribution in [0, 0.1) is 0 Å². The molecule has 146 valence electrons. The molecular formula is C21H22N2O4S. The van der Waals surface area contributed by atoms with E-state index >= 15 is 0 Å². The van der Waals surface area contributed by atoms with Crippen LogP contribution < -0.4 is 9.47 Å². The highest BCUT2D eigenvalue weighted by molar-refractivity contribution is 7.89. The minimum Gasteiger partial charge on any atom is -0.497 e. The van der Waals surface area contributed by atoms with Gasteiger partial charge in [-0.3, -0.25) is 0 Å². The highest BCUT2D eigenvalue weighted by atomic mass is 32.2. The molecule has 0 aliphatic carbocycles. The highest BCUT2D eigenvalue weighted by Gasteiger charge is 2.39. The topological polar surface area (TPSA) is 60.8 Å². The maximum atomic E-state index is 13.7. The number of benzene rings is 2. The Morgan fingerprint density at radius 3 is 2.43 bits per heavy atom. The Balaban J connectivity index is 1.87. The number of aromatic nitrogens is 1. The third kappa shape index (κ3) is 3.06. The van der Waals surface area contributed by atoms with Gasteiger partial charge in [-0.25, -0.2) is 8.42 Å². The highest BCUT2D eigenvalue weighted by Crippen LogP contribution is 2.39. The van der Waals surface area contributed by atoms with Crippen molar-refractivity contribution in [1.82, 2.24) is 8.87 Å². The van der Waals surface area contributed by atoms with Crippen LogP contribution in [0.2, 0.25) is 0 Å². The van der Waals surface area contributed by atoms with Crippen molar-refractivity contribution in [2.24, 2.45) is 0 Å². The van der Waals surface area contributed by atoms with Crippen LogP contribution in [-0.4, -0.2) is 38.1 Å². The molecule has 7 heteroatoms. The number of rotatable bonds is 5. The molecule has 6 nitrogen and oxygen atoms in total. The van der Waals surface area contributed by atoms with Gasteiger partial charge in [0.25, 0.3) is 0 Å². The Morgan fingerprint density at radius 1 is 0.929 bits per heavy atom. The first kappa shape index (κ1) is 18.6. The number of nitrogens with zero attached hydrogens (tertiary/aromatic N) is 2. The number of fused-ring (bicyclic) bond motifs is 1. The lowest BCUT2D eigenvalue weighted by atomic mass is 10.0. The van der Waals surface area contributed by atoms with Gasteiger partial charge in [0.1, 0.15) is 16.4 Å². The molecule has 1 atom stereocenters. The average molecular weight is 398 g/mol. The Bertz CT molecular complexity index is 1080. The molecule has 0 radical (unpaired) electrons. The summed E-state index contributed by atoms with van der Waals surface area (Å²) in [4.78, 5) is 0.107. The van der Waals surface area contributed by atoms with Crippen molar-refractivity contribution in [3.8, 4) is 11.5 Å². The van der Waals surface area contributed by atoms with Crippen LogP contribution in [0.5, 0.6) is 11.5 Å². The summed E-state index contributed by atoms with van der Waals surface area (Å²) in [6.07, 6.45) is 1.99. The standard InChI is InChI=1S/C21H22N2O4S/c1-26-17-10-11-19(27-2)20(15-17)28(24,25)23-14-13-22-12-6-9-18(22)21(23)16-7-4-3-5-8-16/h3-12,15,21H,13-14H2,1-2H3/t21-/m0/s1. The summed E-state index contributed by atoms with van der Waals surface area (Å²) in [7, 11) is -0.859. The van der Waals surface area contributed by atoms with E-state index in [1.807, 2.05) is 48.7 Å². The zero-order valence-corrected chi connectivity index (χ0v) is 16.6. The van der Waals surface area contributed by atoms with Gasteiger partial charge in [0, 0.05) is 31.0 Å². The van der Waals surface area contributed by atoms with Gasteiger partial charge in [0.15, 0.2) is 0 Å². The molecule has 1 aliphatic heterocycles. The molecule has 0 unspecified atom stereocenters. The summed E-state index contributed by atoms with van der Waals surface area (Å²) in [6.45, 7) is 0.959. The van der Waals surface area contributed by atoms with Crippen molar-refractivity contribution in [3.05, 3.63) is 78.1 Å². The quantitative estimate of drug-likeness (QED) is 0.662. The monoisotopic (exact) mass is 398 g/mol. The second-order valence-corrected chi connectivity index (χ2v) is 8.43. The number of hydrogen-bond acceptors (Lipinski definition) is 4. The van der Waals surface area contributed by atoms with Gasteiger partial charge in [-0.1, -0.05) is 30.3 Å². The van der Waals surface area contributed by atoms with Crippen molar-refractivity contribution in [3.63, 3.8) is 0 Å². The molecule has 2 aromatic carbocycles. The Hall–Kier alpha value is -2.77. The van der Waals surface area contributed by atoms with Crippen LogP contribution in [-0.2, 0) is 16.6 Å². The van der Waals surface area contributed by atoms with Crippen LogP contribution in [0.15, 0.2) is 71.8 Å². The van der Waals surface area contributed by atoms with Crippen LogP contribution in [0.25, 0.3) is 0 Å². The van der Waals surface area contributed by atoms with Crippen LogP contribution in [0.1, 0.15) is 17.3 Å². The van der Waals surface area contributed by atoms with Gasteiger partial charge in [-0.05, 0) is 29.8 Å². The number of sulfonamides is 1. The van der Waals surface area contributed by atoms with Crippen LogP contribution >= 0.6 is 0 Å². The van der Waals surface area contributed by atoms with E-state index in [0.29, 0.717) is 24.6 Å². The molecule has 0 amide bonds. The van der Waals surface area contributed by atoms with E-state index in [1.54, 1.807) is 16.4 Å². The average Bonchev–Trinajstić information content (AvgIpc) is 3.22. The van der Waals surface area contributed by atoms with Crippen molar-refractivity contribution >= 4 is 10.0 Å². The van der Waals surface area contributed by atoms with Gasteiger partial charge >= 0.3 is 0 Å². The normalized spacial score (nSPS) is 17.1. The Kier molecular flexibility index (Phi) is 4.87. The van der Waals surface area contributed by atoms with Crippen molar-refractivity contribution in [2.75, 3.05) is 20.8 Å². The molecule has 1 aliphatic rings. The number of methoxy groups -OCH3 is 2. The van der Waals surface area contributed by atoms with Gasteiger partial charge in [0.2, 0.25) is 10.0 Å². The third-order valence-corrected chi connectivity index (χ3v) is 6.95. The van der Waals surface area contributed by atoms with E-state index < -0.39 is 16.1 Å². The number of ether oxygens (including phenoxy) is 2. The summed E-state index contributed by atoms with van der Waals surface area (Å²) in [5.74, 6) is 0.768. The van der Waals surface area contributed by atoms with E-state index in [0.717, 1.165) is 11.3 Å². The molecule has 1 aromatic heterocycles. The molecule has 4 rings (SSSR count). The summed E-state index contributed by atoms with van der Waals surface area (Å²) in [5, 5.41) is 0. The molecule has 28 heavy (non-hydrogen) atoms. The van der Waals surface area contributed by atoms with E-state index in [9.17, 15) is 8.42 Å². The minimum atomic E-state index is -3.84. The molecule has 3 aromatic rings. The van der Waals surface area contributed by atoms with Gasteiger partial charge in [-0.2, -0.15) is 4.31 Å². The maximum absolute atomic E-state index is 13.7. The van der Waals surface area contributed by atoms with E-state index in [4.69, 9.17) is 9.47 Å². The zero-order chi connectivity index (χ0) is 19.7. The van der Waals surface area contributed by atoms with E-state index in [-0.39, 0.29) is 4.90 Å². The lowest BCUT2D eigenvalue weighted by molar-refractivity contribution is 0.296. The SMILES string of the molecule is COc1ccc(OC)c(S(=O)(=O)N2CCn3cccc3[C@@H]2c2ccccc2)c1. The first-order chi connectivity index (χ1) is 13.6. The molecule has 0 N–H and O–H groups in total. The predicted molar refractivity (Wildman–Crippen MR) is 106 cm³/mol. The largest absolute Gasteiger partial charge is 0.497 e. The molecular weight excluding hydrogens is 376 g/mol. The molecule has 0 spiro atoms. The second-order valence-electron chi connectivity index (χ2n) is 6.57. The fraction of sp³-hybridized carbons (Fsp3) is 0.238. The predicted octanol–water partition coefficient (Wildman–Crippen LogP) is 3.30. The maximum Gasteiger partial charge on any atom is 0.247 e. The van der Waals surface area contributed by atoms with Crippen LogP contribution in [0.3, 0.4) is 0 Å². The lowest BCUT2D eigenvalue weighted by Gasteiger charge is -2.36. The molecule has 2 heterocycles. The van der Waals surface area contributed by atoms with E-state index in [2.05, 4.69) is 4.57 Å². The molecule has 0 bridgehead atoms. The van der Waals surface area contributed by atoms with Crippen molar-refractivity contribution < 1.29 is 17.9 Å². The minimum absolute atomic E-state index is 0.107. The smallest absolute Gasteiger partial charge is 0.247 e. The van der Waals surface area contributed by atoms with Crippen molar-refractivity contribution in [2.45, 2.75) is 17.5 Å². The first-order valence-electron chi connectivity index (χ1n) is 9.00. The first-order valence-corrected chi connectivity index (χ1v) is 10.4. The van der Waals surface area contributed by atoms with Crippen molar-refractivity contribution in [1.29, 1.82) is 0 Å². The van der Waals surface area contributed by atoms with Gasteiger partial charge < -0.3 is 14.0 Å². The van der Waals surface area contributed by atoms with E-state index in [1.165, 1.54) is 20.3 Å². The summed E-state index contributed by atoms with van der Waals surface area (Å²) < 4.78 is 41.7. The summed E-state index contributed by atoms with van der Waals surface area (Å²) in [5.41, 5.74) is 1.87. The van der Waals surface area contributed by atoms with Crippen LogP contribution in [0.4, 0.5) is 0 Å². The fourth-order valence-electron chi connectivity index (χ4n) is 3.71. The fourth-order valence-corrected chi connectivity index (χ4v) is 5.46. The summed E-state index contributed by atoms with van der Waals surface area (Å²) in [6, 6.07) is 18.0. The lowest BCUT2D eigenvalue weighted by Crippen LogP contribution is -2.42. The molecule has 0 saturated heterocycles. The molecule has 0 saturated carbocycles. The van der Waals surface area contributed by atoms with Gasteiger partial charge in [-0.15, -0.1) is 0 Å². The zero-order valence-electron chi connectivity index (χ0n) is 15.8. The number of hydrogen-bond donors (Lipinski definition) is 0. The summed E-state index contributed by atoms with van der Waals surface area (Å²) >= 11 is 0. The second kappa shape index (κ2) is 7.33.